The van der Waals surface area contributed by atoms with Gasteiger partial charge in [0.2, 0.25) is 0 Å². The largest absolute Gasteiger partial charge is 0.452 e. The van der Waals surface area contributed by atoms with Gasteiger partial charge < -0.3 is 19.3 Å². The van der Waals surface area contributed by atoms with E-state index >= 15 is 0 Å². The van der Waals surface area contributed by atoms with E-state index in [0.717, 1.165) is 60.3 Å². The van der Waals surface area contributed by atoms with Crippen molar-refractivity contribution in [2.24, 2.45) is 0 Å². The molecule has 0 saturated heterocycles. The van der Waals surface area contributed by atoms with Gasteiger partial charge in [0.05, 0.1) is 0 Å². The van der Waals surface area contributed by atoms with E-state index in [1.165, 1.54) is 0 Å². The number of carbonyl (C=O) groups is 4. The highest BCUT2D eigenvalue weighted by atomic mass is 16.5. The number of esters is 2. The van der Waals surface area contributed by atoms with Gasteiger partial charge in [0, 0.05) is 36.6 Å². The summed E-state index contributed by atoms with van der Waals surface area (Å²) in [7, 11) is 0. The molecule has 0 N–H and O–H groups in total. The van der Waals surface area contributed by atoms with Crippen LogP contribution in [0.3, 0.4) is 0 Å². The Morgan fingerprint density at radius 2 is 1.09 bits per heavy atom. The van der Waals surface area contributed by atoms with Crippen molar-refractivity contribution < 1.29 is 28.7 Å². The second kappa shape index (κ2) is 10.8. The fraction of sp³-hybridized carbons (Fsp3) is 0.308. The molecule has 2 aromatic carbocycles. The van der Waals surface area contributed by atoms with Crippen molar-refractivity contribution in [1.82, 2.24) is 0 Å². The van der Waals surface area contributed by atoms with Crippen LogP contribution in [0.2, 0.25) is 0 Å². The Morgan fingerprint density at radius 1 is 0.676 bits per heavy atom. The van der Waals surface area contributed by atoms with Crippen LogP contribution in [-0.2, 0) is 41.5 Å². The number of carbonyl (C=O) groups excluding carboxylic acids is 4. The van der Waals surface area contributed by atoms with Gasteiger partial charge in [-0.3, -0.25) is 9.59 Å². The van der Waals surface area contributed by atoms with Gasteiger partial charge in [-0.2, -0.15) is 0 Å². The minimum atomic E-state index is -0.841. The summed E-state index contributed by atoms with van der Waals surface area (Å²) in [6.07, 6.45) is 5.25. The third kappa shape index (κ3) is 5.51. The Morgan fingerprint density at radius 3 is 1.53 bits per heavy atom. The molecule has 4 rings (SSSR count). The van der Waals surface area contributed by atoms with Crippen molar-refractivity contribution in [3.8, 4) is 0 Å². The minimum absolute atomic E-state index is 0.330. The highest BCUT2D eigenvalue weighted by molar-refractivity contribution is 5.99. The number of hydrogen-bond donors (Lipinski definition) is 0. The summed E-state index contributed by atoms with van der Waals surface area (Å²) in [4.78, 5) is 52.1. The molecule has 0 radical (unpaired) electrons. The van der Waals surface area contributed by atoms with Gasteiger partial charge in [-0.05, 0) is 48.9 Å². The van der Waals surface area contributed by atoms with Gasteiger partial charge in [0.25, 0.3) is 11.8 Å². The zero-order valence-electron chi connectivity index (χ0n) is 18.8. The molecule has 0 aromatic heterocycles. The third-order valence-electron chi connectivity index (χ3n) is 5.85. The first-order valence-electron chi connectivity index (χ1n) is 11.3. The summed E-state index contributed by atoms with van der Waals surface area (Å²) in [5.41, 5.74) is 3.82. The minimum Gasteiger partial charge on any atom is -0.452 e. The van der Waals surface area contributed by atoms with E-state index in [9.17, 15) is 19.2 Å². The predicted octanol–water partition coefficient (Wildman–Crippen LogP) is 2.59. The van der Waals surface area contributed by atoms with Crippen LogP contribution in [0.4, 0.5) is 11.4 Å². The molecule has 8 heteroatoms. The molecule has 8 nitrogen and oxygen atoms in total. The molecule has 0 saturated carbocycles. The summed E-state index contributed by atoms with van der Waals surface area (Å²) in [5.74, 6) is -2.34. The lowest BCUT2D eigenvalue weighted by Gasteiger charge is -2.29. The maximum atomic E-state index is 12.5. The molecule has 2 aliphatic heterocycles. The molecule has 2 aromatic rings. The topological polar surface area (TPSA) is 93.2 Å². The van der Waals surface area contributed by atoms with Crippen LogP contribution in [0.1, 0.15) is 24.0 Å². The van der Waals surface area contributed by atoms with Crippen LogP contribution in [0.15, 0.2) is 60.7 Å². The molecule has 0 spiro atoms. The Hall–Kier alpha value is -3.94. The summed E-state index contributed by atoms with van der Waals surface area (Å²) < 4.78 is 9.96. The number of hydrogen-bond acceptors (Lipinski definition) is 6. The van der Waals surface area contributed by atoms with Gasteiger partial charge >= 0.3 is 11.9 Å². The molecule has 0 aliphatic carbocycles. The quantitative estimate of drug-likeness (QED) is 0.484. The van der Waals surface area contributed by atoms with Crippen LogP contribution < -0.4 is 9.80 Å². The van der Waals surface area contributed by atoms with Crippen LogP contribution in [-0.4, -0.2) is 50.1 Å². The number of anilines is 2. The zero-order valence-corrected chi connectivity index (χ0v) is 18.8. The highest BCUT2D eigenvalue weighted by Crippen LogP contribution is 2.27. The molecule has 2 amide bonds. The second-order valence-electron chi connectivity index (χ2n) is 8.10. The lowest BCUT2D eigenvalue weighted by atomic mass is 10.0. The predicted molar refractivity (Wildman–Crippen MR) is 125 cm³/mol. The monoisotopic (exact) mass is 462 g/mol. The van der Waals surface area contributed by atoms with Crippen molar-refractivity contribution in [1.29, 1.82) is 0 Å². The summed E-state index contributed by atoms with van der Waals surface area (Å²) >= 11 is 0. The van der Waals surface area contributed by atoms with Gasteiger partial charge in [0.15, 0.2) is 13.2 Å². The number of ether oxygens (including phenoxy) is 2. The standard InChI is InChI=1S/C26H26N2O6/c29-23(27-15-5-9-19-7-1-3-11-21(19)27)17-33-25(31)13-14-26(32)34-18-24(30)28-16-6-10-20-8-2-4-12-22(20)28/h1-4,7-8,11-14H,5-6,9-10,15-18H2/b14-13+. The normalized spacial score (nSPS) is 14.8. The average Bonchev–Trinajstić information content (AvgIpc) is 2.88. The van der Waals surface area contributed by atoms with E-state index in [1.54, 1.807) is 9.80 Å². The number of fused-ring (bicyclic) bond motifs is 2. The Kier molecular flexibility index (Phi) is 7.37. The molecule has 0 unspecified atom stereocenters. The first kappa shape index (κ1) is 23.2. The number of rotatable bonds is 6. The average molecular weight is 463 g/mol. The smallest absolute Gasteiger partial charge is 0.331 e. The molecule has 34 heavy (non-hydrogen) atoms. The summed E-state index contributed by atoms with van der Waals surface area (Å²) in [6, 6.07) is 15.3. The van der Waals surface area contributed by atoms with Gasteiger partial charge in [0.1, 0.15) is 0 Å². The fourth-order valence-electron chi connectivity index (χ4n) is 4.24. The van der Waals surface area contributed by atoms with Crippen molar-refractivity contribution in [3.05, 3.63) is 71.8 Å². The van der Waals surface area contributed by atoms with Crippen LogP contribution in [0, 0.1) is 0 Å². The molecule has 176 valence electrons. The SMILES string of the molecule is O=C(/C=C/C(=O)OCC(=O)N1CCCc2ccccc21)OCC(=O)N1CCCc2ccccc21. The zero-order chi connectivity index (χ0) is 23.9. The molecule has 0 atom stereocenters. The van der Waals surface area contributed by atoms with Gasteiger partial charge in [-0.1, -0.05) is 36.4 Å². The lowest BCUT2D eigenvalue weighted by molar-refractivity contribution is -0.144. The first-order chi connectivity index (χ1) is 16.5. The van der Waals surface area contributed by atoms with E-state index in [0.29, 0.717) is 13.1 Å². The van der Waals surface area contributed by atoms with E-state index in [2.05, 4.69) is 0 Å². The van der Waals surface area contributed by atoms with Gasteiger partial charge in [-0.25, -0.2) is 9.59 Å². The van der Waals surface area contributed by atoms with Crippen molar-refractivity contribution in [3.63, 3.8) is 0 Å². The van der Waals surface area contributed by atoms with Crippen molar-refractivity contribution >= 4 is 35.1 Å². The number of amides is 2. The Balaban J connectivity index is 1.22. The number of nitrogens with zero attached hydrogens (tertiary/aromatic N) is 2. The first-order valence-corrected chi connectivity index (χ1v) is 11.3. The van der Waals surface area contributed by atoms with E-state index in [1.807, 2.05) is 48.5 Å². The molecule has 0 fully saturated rings. The van der Waals surface area contributed by atoms with Crippen molar-refractivity contribution in [2.45, 2.75) is 25.7 Å². The molecule has 2 heterocycles. The third-order valence-corrected chi connectivity index (χ3v) is 5.85. The highest BCUT2D eigenvalue weighted by Gasteiger charge is 2.24. The summed E-state index contributed by atoms with van der Waals surface area (Å²) in [6.45, 7) is 0.259. The number of aryl methyl sites for hydroxylation is 2. The van der Waals surface area contributed by atoms with E-state index in [-0.39, 0.29) is 11.8 Å². The van der Waals surface area contributed by atoms with Crippen LogP contribution >= 0.6 is 0 Å². The fourth-order valence-corrected chi connectivity index (χ4v) is 4.24. The molecular weight excluding hydrogens is 436 g/mol. The van der Waals surface area contributed by atoms with Crippen molar-refractivity contribution in [2.75, 3.05) is 36.1 Å². The maximum absolute atomic E-state index is 12.5. The van der Waals surface area contributed by atoms with Gasteiger partial charge in [-0.15, -0.1) is 0 Å². The molecule has 2 aliphatic rings. The lowest BCUT2D eigenvalue weighted by Crippen LogP contribution is -2.38. The molecule has 0 bridgehead atoms. The Labute approximate surface area is 197 Å². The number of benzene rings is 2. The molecular formula is C26H26N2O6. The van der Waals surface area contributed by atoms with E-state index in [4.69, 9.17) is 9.47 Å². The number of para-hydroxylation sites is 2. The van der Waals surface area contributed by atoms with Crippen LogP contribution in [0.5, 0.6) is 0 Å². The van der Waals surface area contributed by atoms with E-state index < -0.39 is 25.2 Å². The Bertz CT molecular complexity index is 1040. The van der Waals surface area contributed by atoms with Crippen LogP contribution in [0.25, 0.3) is 0 Å². The second-order valence-corrected chi connectivity index (χ2v) is 8.10. The summed E-state index contributed by atoms with van der Waals surface area (Å²) in [5, 5.41) is 0. The maximum Gasteiger partial charge on any atom is 0.331 e.